The van der Waals surface area contributed by atoms with E-state index in [0.717, 1.165) is 19.0 Å². The molecule has 0 aromatic rings. The van der Waals surface area contributed by atoms with Crippen molar-refractivity contribution in [2.75, 3.05) is 0 Å². The first-order valence-electron chi connectivity index (χ1n) is 3.46. The first-order chi connectivity index (χ1) is 5.20. The van der Waals surface area contributed by atoms with Crippen molar-refractivity contribution in [3.8, 4) is 0 Å². The molecule has 0 aliphatic carbocycles. The van der Waals surface area contributed by atoms with Crippen LogP contribution in [-0.2, 0) is 9.59 Å². The third kappa shape index (κ3) is 5.27. The third-order valence-electron chi connectivity index (χ3n) is 1.33. The molecule has 0 radical (unpaired) electrons. The van der Waals surface area contributed by atoms with Crippen molar-refractivity contribution in [2.45, 2.75) is 19.3 Å². The number of carbonyl (C=O) groups is 2. The Bertz CT molecular complexity index is 160. The predicted molar refractivity (Wildman–Crippen MR) is 44.3 cm³/mol. The minimum Gasteiger partial charge on any atom is -0.298 e. The average molecular weight is 152 g/mol. The fraction of sp³-hybridized carbons (Fsp3) is 0.333. The van der Waals surface area contributed by atoms with Crippen LogP contribution < -0.4 is 0 Å². The fourth-order valence-electron chi connectivity index (χ4n) is 0.660. The topological polar surface area (TPSA) is 34.1 Å². The molecule has 0 bridgehead atoms. The summed E-state index contributed by atoms with van der Waals surface area (Å²) in [6.07, 6.45) is 3.55. The number of allylic oxidation sites excluding steroid dienone is 2. The Morgan fingerprint density at radius 1 is 1.00 bits per heavy atom. The standard InChI is InChI=1S/C9H12O2/c1-8(6-10)4-3-5-9(2)7-11/h6-7H,1-5H2. The van der Waals surface area contributed by atoms with Crippen molar-refractivity contribution < 1.29 is 9.59 Å². The van der Waals surface area contributed by atoms with Gasteiger partial charge in [-0.15, -0.1) is 0 Å². The lowest BCUT2D eigenvalue weighted by Crippen LogP contribution is -1.86. The number of carbonyl (C=O) groups excluding carboxylic acids is 2. The van der Waals surface area contributed by atoms with Crippen molar-refractivity contribution in [2.24, 2.45) is 0 Å². The number of hydrogen-bond donors (Lipinski definition) is 0. The van der Waals surface area contributed by atoms with E-state index in [1.54, 1.807) is 0 Å². The summed E-state index contributed by atoms with van der Waals surface area (Å²) in [5, 5.41) is 0. The average Bonchev–Trinajstić information content (AvgIpc) is 2.04. The zero-order valence-corrected chi connectivity index (χ0v) is 6.51. The summed E-state index contributed by atoms with van der Waals surface area (Å²) in [4.78, 5) is 20.1. The second kappa shape index (κ2) is 5.59. The Morgan fingerprint density at radius 3 is 1.64 bits per heavy atom. The van der Waals surface area contributed by atoms with E-state index in [2.05, 4.69) is 13.2 Å². The SMILES string of the molecule is C=C(C=O)CCCC(=C)C=O. The largest absolute Gasteiger partial charge is 0.298 e. The van der Waals surface area contributed by atoms with Gasteiger partial charge in [0.05, 0.1) is 0 Å². The predicted octanol–water partition coefficient (Wildman–Crippen LogP) is 1.67. The Morgan fingerprint density at radius 2 is 1.36 bits per heavy atom. The summed E-state index contributed by atoms with van der Waals surface area (Å²) >= 11 is 0. The van der Waals surface area contributed by atoms with Gasteiger partial charge in [0, 0.05) is 0 Å². The van der Waals surface area contributed by atoms with Gasteiger partial charge in [-0.1, -0.05) is 13.2 Å². The smallest absolute Gasteiger partial charge is 0.145 e. The highest BCUT2D eigenvalue weighted by Crippen LogP contribution is 2.06. The molecular formula is C9H12O2. The molecule has 0 saturated carbocycles. The lowest BCUT2D eigenvalue weighted by molar-refractivity contribution is -0.105. The zero-order valence-electron chi connectivity index (χ0n) is 6.51. The van der Waals surface area contributed by atoms with Crippen LogP contribution in [0.1, 0.15) is 19.3 Å². The van der Waals surface area contributed by atoms with Crippen LogP contribution in [0.5, 0.6) is 0 Å². The van der Waals surface area contributed by atoms with Crippen molar-refractivity contribution in [3.05, 3.63) is 24.3 Å². The van der Waals surface area contributed by atoms with Crippen molar-refractivity contribution >= 4 is 12.6 Å². The molecule has 0 atom stereocenters. The van der Waals surface area contributed by atoms with Crippen molar-refractivity contribution in [3.63, 3.8) is 0 Å². The third-order valence-corrected chi connectivity index (χ3v) is 1.33. The maximum absolute atomic E-state index is 10.1. The van der Waals surface area contributed by atoms with Gasteiger partial charge in [0.15, 0.2) is 0 Å². The minimum atomic E-state index is 0.573. The Balaban J connectivity index is 3.41. The Hall–Kier alpha value is -1.18. The van der Waals surface area contributed by atoms with E-state index < -0.39 is 0 Å². The maximum atomic E-state index is 10.1. The molecule has 0 heterocycles. The van der Waals surface area contributed by atoms with Gasteiger partial charge < -0.3 is 0 Å². The van der Waals surface area contributed by atoms with E-state index >= 15 is 0 Å². The van der Waals surface area contributed by atoms with E-state index in [1.807, 2.05) is 0 Å². The highest BCUT2D eigenvalue weighted by atomic mass is 16.1. The summed E-state index contributed by atoms with van der Waals surface area (Å²) in [5.74, 6) is 0. The highest BCUT2D eigenvalue weighted by Gasteiger charge is 1.94. The van der Waals surface area contributed by atoms with Gasteiger partial charge in [-0.05, 0) is 30.4 Å². The van der Waals surface area contributed by atoms with Crippen LogP contribution >= 0.6 is 0 Å². The Kier molecular flexibility index (Phi) is 4.99. The van der Waals surface area contributed by atoms with E-state index in [-0.39, 0.29) is 0 Å². The van der Waals surface area contributed by atoms with Crippen molar-refractivity contribution in [1.29, 1.82) is 0 Å². The van der Waals surface area contributed by atoms with Crippen LogP contribution in [0, 0.1) is 0 Å². The van der Waals surface area contributed by atoms with Gasteiger partial charge in [-0.2, -0.15) is 0 Å². The van der Waals surface area contributed by atoms with Crippen molar-refractivity contribution in [1.82, 2.24) is 0 Å². The van der Waals surface area contributed by atoms with Gasteiger partial charge in [0.25, 0.3) is 0 Å². The molecule has 0 unspecified atom stereocenters. The Labute approximate surface area is 66.6 Å². The van der Waals surface area contributed by atoms with Gasteiger partial charge in [0.1, 0.15) is 12.6 Å². The maximum Gasteiger partial charge on any atom is 0.145 e. The molecule has 60 valence electrons. The molecule has 0 amide bonds. The minimum absolute atomic E-state index is 0.573. The number of hydrogen-bond acceptors (Lipinski definition) is 2. The zero-order chi connectivity index (χ0) is 8.69. The summed E-state index contributed by atoms with van der Waals surface area (Å²) in [6, 6.07) is 0. The molecule has 0 saturated heterocycles. The summed E-state index contributed by atoms with van der Waals surface area (Å²) < 4.78 is 0. The summed E-state index contributed by atoms with van der Waals surface area (Å²) in [7, 11) is 0. The lowest BCUT2D eigenvalue weighted by Gasteiger charge is -1.96. The van der Waals surface area contributed by atoms with Crippen LogP contribution in [0.15, 0.2) is 24.3 Å². The number of rotatable bonds is 6. The van der Waals surface area contributed by atoms with Crippen LogP contribution in [-0.4, -0.2) is 12.6 Å². The van der Waals surface area contributed by atoms with E-state index in [9.17, 15) is 9.59 Å². The molecule has 0 aromatic heterocycles. The fourth-order valence-corrected chi connectivity index (χ4v) is 0.660. The van der Waals surface area contributed by atoms with Crippen LogP contribution in [0.2, 0.25) is 0 Å². The second-order valence-electron chi connectivity index (χ2n) is 2.41. The van der Waals surface area contributed by atoms with Crippen LogP contribution in [0.4, 0.5) is 0 Å². The molecule has 2 nitrogen and oxygen atoms in total. The normalized spacial score (nSPS) is 8.73. The molecule has 0 N–H and O–H groups in total. The molecule has 0 aliphatic rings. The number of aldehydes is 2. The van der Waals surface area contributed by atoms with Gasteiger partial charge in [-0.3, -0.25) is 9.59 Å². The van der Waals surface area contributed by atoms with E-state index in [4.69, 9.17) is 0 Å². The molecule has 11 heavy (non-hydrogen) atoms. The molecule has 0 rings (SSSR count). The van der Waals surface area contributed by atoms with E-state index in [0.29, 0.717) is 24.0 Å². The molecule has 0 aliphatic heterocycles. The molecule has 0 spiro atoms. The molecule has 2 heteroatoms. The van der Waals surface area contributed by atoms with E-state index in [1.165, 1.54) is 0 Å². The van der Waals surface area contributed by atoms with Crippen LogP contribution in [0.3, 0.4) is 0 Å². The van der Waals surface area contributed by atoms with Gasteiger partial charge in [-0.25, -0.2) is 0 Å². The van der Waals surface area contributed by atoms with Gasteiger partial charge >= 0.3 is 0 Å². The quantitative estimate of drug-likeness (QED) is 0.428. The summed E-state index contributed by atoms with van der Waals surface area (Å²) in [5.41, 5.74) is 1.15. The molecule has 0 fully saturated rings. The first-order valence-corrected chi connectivity index (χ1v) is 3.46. The molecular weight excluding hydrogens is 140 g/mol. The first kappa shape index (κ1) is 9.82. The monoisotopic (exact) mass is 152 g/mol. The van der Waals surface area contributed by atoms with Crippen LogP contribution in [0.25, 0.3) is 0 Å². The highest BCUT2D eigenvalue weighted by molar-refractivity contribution is 5.73. The lowest BCUT2D eigenvalue weighted by atomic mass is 10.1. The van der Waals surface area contributed by atoms with Gasteiger partial charge in [0.2, 0.25) is 0 Å². The summed E-state index contributed by atoms with van der Waals surface area (Å²) in [6.45, 7) is 7.02. The molecule has 0 aromatic carbocycles. The second-order valence-corrected chi connectivity index (χ2v) is 2.41.